The molecule has 0 unspecified atom stereocenters. The molecule has 2 N–H and O–H groups in total. The maximum atomic E-state index is 5.50. The van der Waals surface area contributed by atoms with Gasteiger partial charge in [-0.3, -0.25) is 0 Å². The number of hydrogen-bond donors (Lipinski definition) is 2. The van der Waals surface area contributed by atoms with Crippen molar-refractivity contribution in [2.24, 2.45) is 0 Å². The molecule has 1 saturated heterocycles. The first-order valence-electron chi connectivity index (χ1n) is 10.8. The molecule has 3 aromatic heterocycles. The van der Waals surface area contributed by atoms with Gasteiger partial charge in [0.2, 0.25) is 0 Å². The van der Waals surface area contributed by atoms with E-state index in [4.69, 9.17) is 19.1 Å². The summed E-state index contributed by atoms with van der Waals surface area (Å²) in [4.78, 5) is 14.2. The number of ether oxygens (including phenoxy) is 1. The second-order valence-electron chi connectivity index (χ2n) is 8.23. The molecule has 0 bridgehead atoms. The molecule has 154 valence electrons. The fourth-order valence-electron chi connectivity index (χ4n) is 4.40. The molecule has 7 heteroatoms. The molecule has 0 spiro atoms. The highest BCUT2D eigenvalue weighted by Crippen LogP contribution is 2.39. The minimum absolute atomic E-state index is 0.318. The first-order valence-corrected chi connectivity index (χ1v) is 11.6. The summed E-state index contributed by atoms with van der Waals surface area (Å²) in [7, 11) is 0. The van der Waals surface area contributed by atoms with E-state index in [1.807, 2.05) is 23.5 Å². The molecule has 1 aliphatic heterocycles. The topological polar surface area (TPSA) is 64.6 Å². The molecular weight excluding hydrogens is 384 g/mol. The van der Waals surface area contributed by atoms with Gasteiger partial charge in [0, 0.05) is 17.3 Å². The SMILES string of the molecule is C[C@@H](CCc1ccco1)Nc1nc(C[NH+]2CCOCC2)nc2sc3c(c12)CCC3. The van der Waals surface area contributed by atoms with Crippen LogP contribution in [0.25, 0.3) is 10.2 Å². The zero-order valence-corrected chi connectivity index (χ0v) is 17.8. The summed E-state index contributed by atoms with van der Waals surface area (Å²) in [6, 6.07) is 4.32. The van der Waals surface area contributed by atoms with E-state index in [2.05, 4.69) is 12.2 Å². The Balaban J connectivity index is 1.39. The van der Waals surface area contributed by atoms with Gasteiger partial charge in [0.05, 0.1) is 24.9 Å². The van der Waals surface area contributed by atoms with Crippen LogP contribution in [-0.4, -0.2) is 42.3 Å². The van der Waals surface area contributed by atoms with Gasteiger partial charge in [-0.1, -0.05) is 0 Å². The second kappa shape index (κ2) is 8.42. The lowest BCUT2D eigenvalue weighted by Gasteiger charge is -2.23. The third-order valence-corrected chi connectivity index (χ3v) is 7.19. The quantitative estimate of drug-likeness (QED) is 0.623. The molecule has 1 aliphatic carbocycles. The number of rotatable bonds is 7. The Bertz CT molecular complexity index is 963. The van der Waals surface area contributed by atoms with Crippen LogP contribution in [0.2, 0.25) is 0 Å². The van der Waals surface area contributed by atoms with Crippen molar-refractivity contribution in [2.45, 2.75) is 51.6 Å². The number of thiophene rings is 1. The lowest BCUT2D eigenvalue weighted by Crippen LogP contribution is -3.12. The highest BCUT2D eigenvalue weighted by atomic mass is 32.1. The number of morpholine rings is 1. The number of quaternary nitrogens is 1. The molecule has 29 heavy (non-hydrogen) atoms. The Morgan fingerprint density at radius 1 is 1.24 bits per heavy atom. The maximum absolute atomic E-state index is 5.50. The largest absolute Gasteiger partial charge is 0.469 e. The molecule has 3 aromatic rings. The number of nitrogens with one attached hydrogen (secondary N) is 2. The summed E-state index contributed by atoms with van der Waals surface area (Å²) >= 11 is 1.88. The fourth-order valence-corrected chi connectivity index (χ4v) is 5.68. The standard InChI is InChI=1S/C22H28N4O2S/c1-15(7-8-16-4-3-11-28-16)23-21-20-17-5-2-6-18(17)29-22(20)25-19(24-21)14-26-9-12-27-13-10-26/h3-4,11,15H,2,5-10,12-14H2,1H3,(H,23,24,25)/p+1/t15-/m0/s1. The van der Waals surface area contributed by atoms with Gasteiger partial charge in [-0.25, -0.2) is 9.97 Å². The zero-order valence-electron chi connectivity index (χ0n) is 17.0. The summed E-state index contributed by atoms with van der Waals surface area (Å²) in [6.45, 7) is 6.84. The maximum Gasteiger partial charge on any atom is 0.187 e. The van der Waals surface area contributed by atoms with Gasteiger partial charge in [0.25, 0.3) is 0 Å². The summed E-state index contributed by atoms with van der Waals surface area (Å²) in [5.74, 6) is 3.03. The van der Waals surface area contributed by atoms with E-state index in [1.165, 1.54) is 33.6 Å². The van der Waals surface area contributed by atoms with Crippen LogP contribution in [0.5, 0.6) is 0 Å². The van der Waals surface area contributed by atoms with Crippen LogP contribution in [0.1, 0.15) is 41.8 Å². The molecule has 0 amide bonds. The number of aryl methyl sites for hydroxylation is 3. The molecule has 2 aliphatic rings. The summed E-state index contributed by atoms with van der Waals surface area (Å²) in [6.07, 6.45) is 7.29. The van der Waals surface area contributed by atoms with E-state index in [0.29, 0.717) is 6.04 Å². The first-order chi connectivity index (χ1) is 14.3. The van der Waals surface area contributed by atoms with E-state index in [0.717, 1.165) is 74.3 Å². The first kappa shape index (κ1) is 19.0. The Hall–Kier alpha value is -1.96. The van der Waals surface area contributed by atoms with E-state index in [-0.39, 0.29) is 0 Å². The average Bonchev–Trinajstić information content (AvgIpc) is 3.44. The molecular formula is C22H29N4O2S+. The predicted molar refractivity (Wildman–Crippen MR) is 115 cm³/mol. The van der Waals surface area contributed by atoms with Crippen LogP contribution in [0, 0.1) is 0 Å². The molecule has 0 saturated carbocycles. The van der Waals surface area contributed by atoms with Crippen LogP contribution >= 0.6 is 11.3 Å². The lowest BCUT2D eigenvalue weighted by atomic mass is 10.1. The van der Waals surface area contributed by atoms with Gasteiger partial charge < -0.3 is 19.4 Å². The smallest absolute Gasteiger partial charge is 0.187 e. The number of furan rings is 1. The number of aromatic nitrogens is 2. The Kier molecular flexibility index (Phi) is 5.52. The van der Waals surface area contributed by atoms with Gasteiger partial charge in [-0.15, -0.1) is 11.3 Å². The number of anilines is 1. The van der Waals surface area contributed by atoms with Crippen LogP contribution in [0.15, 0.2) is 22.8 Å². The highest BCUT2D eigenvalue weighted by Gasteiger charge is 2.24. The van der Waals surface area contributed by atoms with Crippen molar-refractivity contribution >= 4 is 27.4 Å². The summed E-state index contributed by atoms with van der Waals surface area (Å²) in [5, 5.41) is 4.99. The van der Waals surface area contributed by atoms with E-state index in [9.17, 15) is 0 Å². The lowest BCUT2D eigenvalue weighted by molar-refractivity contribution is -0.922. The van der Waals surface area contributed by atoms with Gasteiger partial charge in [-0.2, -0.15) is 0 Å². The van der Waals surface area contributed by atoms with Crippen molar-refractivity contribution in [1.29, 1.82) is 0 Å². The van der Waals surface area contributed by atoms with Gasteiger partial charge in [-0.05, 0) is 50.3 Å². The Labute approximate surface area is 175 Å². The van der Waals surface area contributed by atoms with Crippen LogP contribution in [-0.2, 0) is 30.5 Å². The summed E-state index contributed by atoms with van der Waals surface area (Å²) < 4.78 is 11.0. The Morgan fingerprint density at radius 3 is 2.97 bits per heavy atom. The van der Waals surface area contributed by atoms with Crippen molar-refractivity contribution in [3.63, 3.8) is 0 Å². The van der Waals surface area contributed by atoms with Gasteiger partial charge in [0.15, 0.2) is 5.82 Å². The van der Waals surface area contributed by atoms with Crippen LogP contribution in [0.4, 0.5) is 5.82 Å². The van der Waals surface area contributed by atoms with Crippen LogP contribution < -0.4 is 10.2 Å². The molecule has 6 nitrogen and oxygen atoms in total. The average molecular weight is 414 g/mol. The summed E-state index contributed by atoms with van der Waals surface area (Å²) in [5.41, 5.74) is 1.48. The van der Waals surface area contributed by atoms with Gasteiger partial charge >= 0.3 is 0 Å². The van der Waals surface area contributed by atoms with E-state index >= 15 is 0 Å². The van der Waals surface area contributed by atoms with Crippen molar-refractivity contribution in [3.05, 3.63) is 40.4 Å². The molecule has 4 heterocycles. The number of nitrogens with zero attached hydrogens (tertiary/aromatic N) is 2. The highest BCUT2D eigenvalue weighted by molar-refractivity contribution is 7.19. The van der Waals surface area contributed by atoms with Gasteiger partial charge in [0.1, 0.15) is 36.0 Å². The third kappa shape index (κ3) is 4.17. The number of fused-ring (bicyclic) bond motifs is 3. The Morgan fingerprint density at radius 2 is 2.14 bits per heavy atom. The zero-order chi connectivity index (χ0) is 19.6. The van der Waals surface area contributed by atoms with Crippen molar-refractivity contribution in [3.8, 4) is 0 Å². The molecule has 0 aromatic carbocycles. The number of hydrogen-bond acceptors (Lipinski definition) is 6. The normalized spacial score (nSPS) is 18.2. The third-order valence-electron chi connectivity index (χ3n) is 6.01. The van der Waals surface area contributed by atoms with Crippen molar-refractivity contribution in [2.75, 3.05) is 31.6 Å². The molecule has 1 fully saturated rings. The van der Waals surface area contributed by atoms with E-state index < -0.39 is 0 Å². The monoisotopic (exact) mass is 413 g/mol. The minimum Gasteiger partial charge on any atom is -0.469 e. The van der Waals surface area contributed by atoms with Crippen molar-refractivity contribution in [1.82, 2.24) is 9.97 Å². The fraction of sp³-hybridized carbons (Fsp3) is 0.545. The molecule has 1 atom stereocenters. The molecule has 5 rings (SSSR count). The van der Waals surface area contributed by atoms with Crippen molar-refractivity contribution < 1.29 is 14.1 Å². The molecule has 0 radical (unpaired) electrons. The predicted octanol–water partition coefficient (Wildman–Crippen LogP) is 2.62. The van der Waals surface area contributed by atoms with Crippen LogP contribution in [0.3, 0.4) is 0 Å². The van der Waals surface area contributed by atoms with E-state index in [1.54, 1.807) is 6.26 Å². The minimum atomic E-state index is 0.318. The second-order valence-corrected chi connectivity index (χ2v) is 9.31.